The van der Waals surface area contributed by atoms with E-state index in [0.717, 1.165) is 17.5 Å². The summed E-state index contributed by atoms with van der Waals surface area (Å²) in [6, 6.07) is 17.3. The first-order valence-electron chi connectivity index (χ1n) is 12.3. The van der Waals surface area contributed by atoms with Crippen LogP contribution in [0.5, 0.6) is 0 Å². The molecule has 0 saturated carbocycles. The number of aryl methyl sites for hydroxylation is 2. The second kappa shape index (κ2) is 10.1. The van der Waals surface area contributed by atoms with Gasteiger partial charge in [-0.25, -0.2) is 9.97 Å². The second-order valence-electron chi connectivity index (χ2n) is 9.01. The number of fused-ring (bicyclic) bond motifs is 1. The van der Waals surface area contributed by atoms with Gasteiger partial charge in [-0.3, -0.25) is 14.0 Å². The van der Waals surface area contributed by atoms with Crippen LogP contribution >= 0.6 is 0 Å². The van der Waals surface area contributed by atoms with Crippen LogP contribution in [0.15, 0.2) is 65.7 Å². The summed E-state index contributed by atoms with van der Waals surface area (Å²) >= 11 is 0. The van der Waals surface area contributed by atoms with Crippen LogP contribution in [-0.4, -0.2) is 35.8 Å². The lowest BCUT2D eigenvalue weighted by atomic mass is 10.0. The summed E-state index contributed by atoms with van der Waals surface area (Å²) in [5, 5.41) is 14.6. The van der Waals surface area contributed by atoms with Gasteiger partial charge < -0.3 is 10.6 Å². The molecular weight excluding hydrogens is 478 g/mol. The van der Waals surface area contributed by atoms with Gasteiger partial charge in [-0.15, -0.1) is 0 Å². The van der Waals surface area contributed by atoms with Gasteiger partial charge in [0.2, 0.25) is 5.95 Å². The third kappa shape index (κ3) is 4.46. The molecular formula is C28H27N9O. The van der Waals surface area contributed by atoms with Crippen molar-refractivity contribution in [2.45, 2.75) is 26.8 Å². The van der Waals surface area contributed by atoms with E-state index in [-0.39, 0.29) is 18.1 Å². The van der Waals surface area contributed by atoms with Crippen molar-refractivity contribution in [2.75, 3.05) is 17.2 Å². The zero-order chi connectivity index (χ0) is 26.8. The van der Waals surface area contributed by atoms with E-state index in [4.69, 9.17) is 10.7 Å². The van der Waals surface area contributed by atoms with Crippen LogP contribution in [-0.2, 0) is 13.6 Å². The lowest BCUT2D eigenvalue weighted by Gasteiger charge is -2.26. The van der Waals surface area contributed by atoms with Gasteiger partial charge in [-0.05, 0) is 37.1 Å². The number of nitrogens with two attached hydrogens (primary N) is 1. The van der Waals surface area contributed by atoms with Crippen LogP contribution < -0.4 is 16.2 Å². The summed E-state index contributed by atoms with van der Waals surface area (Å²) in [7, 11) is 1.84. The smallest absolute Gasteiger partial charge is 0.266 e. The molecule has 3 heterocycles. The van der Waals surface area contributed by atoms with E-state index in [9.17, 15) is 10.1 Å². The van der Waals surface area contributed by atoms with Gasteiger partial charge in [0.25, 0.3) is 5.56 Å². The Labute approximate surface area is 219 Å². The van der Waals surface area contributed by atoms with E-state index in [0.29, 0.717) is 46.0 Å². The molecule has 3 aromatic heterocycles. The third-order valence-electron chi connectivity index (χ3n) is 6.32. The molecule has 0 amide bonds. The predicted octanol–water partition coefficient (Wildman–Crippen LogP) is 3.76. The summed E-state index contributed by atoms with van der Waals surface area (Å²) in [5.41, 5.74) is 9.50. The zero-order valence-electron chi connectivity index (χ0n) is 21.5. The van der Waals surface area contributed by atoms with Crippen LogP contribution in [0.4, 0.5) is 11.8 Å². The molecule has 0 aliphatic carbocycles. The molecule has 0 saturated heterocycles. The van der Waals surface area contributed by atoms with Crippen molar-refractivity contribution >= 4 is 22.7 Å². The number of rotatable bonds is 7. The molecule has 0 atom stereocenters. The van der Waals surface area contributed by atoms with Gasteiger partial charge in [-0.2, -0.15) is 15.3 Å². The number of nitrogens with zero attached hydrogens (tertiary/aromatic N) is 8. The molecule has 2 N–H and O–H groups in total. The summed E-state index contributed by atoms with van der Waals surface area (Å²) in [5.74, 6) is 1.03. The molecule has 10 nitrogen and oxygen atoms in total. The quantitative estimate of drug-likeness (QED) is 0.354. The number of hydrogen-bond acceptors (Lipinski definition) is 8. The highest BCUT2D eigenvalue weighted by Crippen LogP contribution is 2.28. The topological polar surface area (TPSA) is 132 Å². The maximum atomic E-state index is 14.2. The van der Waals surface area contributed by atoms with Gasteiger partial charge in [-0.1, -0.05) is 37.3 Å². The molecule has 2 aromatic carbocycles. The van der Waals surface area contributed by atoms with Crippen molar-refractivity contribution in [1.29, 1.82) is 5.26 Å². The number of aromatic nitrogens is 6. The van der Waals surface area contributed by atoms with Crippen molar-refractivity contribution in [3.8, 4) is 22.9 Å². The molecule has 5 aromatic rings. The SMILES string of the molecule is CCCN(Cc1nc2cccc(-c3cnn(C)c3)c2c(=O)n1-c1ccccc1)c1nc(N)nc(C)c1C#N. The van der Waals surface area contributed by atoms with E-state index < -0.39 is 0 Å². The van der Waals surface area contributed by atoms with E-state index in [1.165, 1.54) is 0 Å². The van der Waals surface area contributed by atoms with E-state index in [1.807, 2.05) is 73.6 Å². The monoisotopic (exact) mass is 505 g/mol. The first-order valence-corrected chi connectivity index (χ1v) is 12.3. The minimum atomic E-state index is -0.189. The minimum Gasteiger partial charge on any atom is -0.368 e. The van der Waals surface area contributed by atoms with Gasteiger partial charge in [0.1, 0.15) is 17.5 Å². The van der Waals surface area contributed by atoms with Crippen molar-refractivity contribution in [3.05, 3.63) is 88.4 Å². The predicted molar refractivity (Wildman–Crippen MR) is 147 cm³/mol. The van der Waals surface area contributed by atoms with Gasteiger partial charge in [0.15, 0.2) is 5.82 Å². The number of nitriles is 1. The number of hydrogen-bond donors (Lipinski definition) is 1. The standard InChI is InChI=1S/C28H27N9O/c1-4-13-36(26-22(14-29)18(2)32-28(30)34-26)17-24-33-23-12-8-11-21(19-15-31-35(3)16-19)25(23)27(38)37(24)20-9-6-5-7-10-20/h5-12,15-16H,4,13,17H2,1-3H3,(H2,30,32,34). The highest BCUT2D eigenvalue weighted by atomic mass is 16.1. The average molecular weight is 506 g/mol. The van der Waals surface area contributed by atoms with E-state index in [1.54, 1.807) is 22.4 Å². The highest BCUT2D eigenvalue weighted by Gasteiger charge is 2.22. The minimum absolute atomic E-state index is 0.0886. The fraction of sp³-hybridized carbons (Fsp3) is 0.214. The third-order valence-corrected chi connectivity index (χ3v) is 6.32. The van der Waals surface area contributed by atoms with Crippen LogP contribution in [0.25, 0.3) is 27.7 Å². The molecule has 5 rings (SSSR count). The van der Waals surface area contributed by atoms with E-state index in [2.05, 4.69) is 21.1 Å². The summed E-state index contributed by atoms with van der Waals surface area (Å²) < 4.78 is 3.34. The molecule has 0 fully saturated rings. The van der Waals surface area contributed by atoms with Gasteiger partial charge in [0, 0.05) is 25.4 Å². The second-order valence-corrected chi connectivity index (χ2v) is 9.01. The molecule has 190 valence electrons. The van der Waals surface area contributed by atoms with Crippen LogP contribution in [0.3, 0.4) is 0 Å². The maximum Gasteiger partial charge on any atom is 0.266 e. The van der Waals surface area contributed by atoms with E-state index >= 15 is 0 Å². The summed E-state index contributed by atoms with van der Waals surface area (Å²) in [6.07, 6.45) is 4.40. The number of anilines is 2. The Morgan fingerprint density at radius 3 is 2.55 bits per heavy atom. The molecule has 0 unspecified atom stereocenters. The average Bonchev–Trinajstić information content (AvgIpc) is 3.34. The Hall–Kier alpha value is -5.04. The molecule has 0 bridgehead atoms. The highest BCUT2D eigenvalue weighted by molar-refractivity contribution is 5.94. The number of para-hydroxylation sites is 1. The Morgan fingerprint density at radius 2 is 1.87 bits per heavy atom. The first kappa shape index (κ1) is 24.6. The van der Waals surface area contributed by atoms with Crippen LogP contribution in [0.1, 0.15) is 30.4 Å². The Bertz CT molecular complexity index is 1730. The van der Waals surface area contributed by atoms with Crippen molar-refractivity contribution < 1.29 is 0 Å². The summed E-state index contributed by atoms with van der Waals surface area (Å²) in [4.78, 5) is 29.7. The Kier molecular flexibility index (Phi) is 6.58. The maximum absolute atomic E-state index is 14.2. The molecule has 10 heteroatoms. The summed E-state index contributed by atoms with van der Waals surface area (Å²) in [6.45, 7) is 4.58. The normalized spacial score (nSPS) is 11.0. The number of nitrogen functional groups attached to an aromatic ring is 1. The lowest BCUT2D eigenvalue weighted by molar-refractivity contribution is 0.700. The zero-order valence-corrected chi connectivity index (χ0v) is 21.5. The molecule has 0 aliphatic rings. The van der Waals surface area contributed by atoms with Crippen molar-refractivity contribution in [1.82, 2.24) is 29.3 Å². The number of benzene rings is 2. The lowest BCUT2D eigenvalue weighted by Crippen LogP contribution is -2.32. The first-order chi connectivity index (χ1) is 18.4. The van der Waals surface area contributed by atoms with Crippen molar-refractivity contribution in [3.63, 3.8) is 0 Å². The van der Waals surface area contributed by atoms with Gasteiger partial charge in [0.05, 0.1) is 35.0 Å². The van der Waals surface area contributed by atoms with Gasteiger partial charge >= 0.3 is 0 Å². The molecule has 0 spiro atoms. The fourth-order valence-electron chi connectivity index (χ4n) is 4.67. The molecule has 38 heavy (non-hydrogen) atoms. The van der Waals surface area contributed by atoms with Crippen LogP contribution in [0, 0.1) is 18.3 Å². The Morgan fingerprint density at radius 1 is 1.08 bits per heavy atom. The molecule has 0 aliphatic heterocycles. The largest absolute Gasteiger partial charge is 0.368 e. The fourth-order valence-corrected chi connectivity index (χ4v) is 4.67. The van der Waals surface area contributed by atoms with Crippen LogP contribution in [0.2, 0.25) is 0 Å². The Balaban J connectivity index is 1.76. The van der Waals surface area contributed by atoms with Crippen molar-refractivity contribution in [2.24, 2.45) is 7.05 Å². The molecule has 0 radical (unpaired) electrons.